The van der Waals surface area contributed by atoms with Crippen molar-refractivity contribution in [3.8, 4) is 28.6 Å². The summed E-state index contributed by atoms with van der Waals surface area (Å²) in [5, 5.41) is 47.3. The summed E-state index contributed by atoms with van der Waals surface area (Å²) in [5.74, 6) is -1.72. The van der Waals surface area contributed by atoms with E-state index in [2.05, 4.69) is 26.1 Å². The zero-order valence-electron chi connectivity index (χ0n) is 31.7. The van der Waals surface area contributed by atoms with Crippen molar-refractivity contribution >= 4 is 35.4 Å². The number of hydrogen-bond donors (Lipinski definition) is 6. The van der Waals surface area contributed by atoms with Crippen LogP contribution in [0.2, 0.25) is 0 Å². The fraction of sp³-hybridized carbons (Fsp3) is 0.375. The van der Waals surface area contributed by atoms with E-state index in [1.54, 1.807) is 60.4 Å². The normalized spacial score (nSPS) is 18.3. The van der Waals surface area contributed by atoms with Gasteiger partial charge in [-0.3, -0.25) is 29.1 Å². The number of benzene rings is 3. The summed E-state index contributed by atoms with van der Waals surface area (Å²) in [6, 6.07) is 13.7. The van der Waals surface area contributed by atoms with Gasteiger partial charge in [0, 0.05) is 73.2 Å². The number of rotatable bonds is 9. The Morgan fingerprint density at radius 3 is 2.37 bits per heavy atom. The number of aromatic hydroxyl groups is 2. The molecule has 5 amide bonds. The molecule has 3 aliphatic heterocycles. The maximum Gasteiger partial charge on any atom is 0.411 e. The van der Waals surface area contributed by atoms with Crippen molar-refractivity contribution in [3.63, 3.8) is 0 Å². The first-order valence-electron chi connectivity index (χ1n) is 18.9. The Kier molecular flexibility index (Phi) is 10.8. The van der Waals surface area contributed by atoms with Crippen LogP contribution in [0.25, 0.3) is 17.1 Å². The Hall–Kier alpha value is -6.49. The van der Waals surface area contributed by atoms with Gasteiger partial charge in [-0.25, -0.2) is 4.79 Å². The Balaban J connectivity index is 0.992. The maximum atomic E-state index is 13.6. The number of fused-ring (bicyclic) bond motifs is 1. The van der Waals surface area contributed by atoms with Crippen LogP contribution in [0, 0.1) is 0 Å². The number of hydrogen-bond acceptors (Lipinski definition) is 11. The second kappa shape index (κ2) is 15.9. The SMILES string of the molecule is CCNC(=O)c1nnc(-c2cc(C(C)C)c(O)cc2O)n1-c1ccc(C(=O)N2CCC(OC(=O)Nc3cccc4c3CN(C3CCC(O)NC3=O)C4=O)CC2)cc1. The molecule has 1 aromatic heterocycles. The zero-order valence-corrected chi connectivity index (χ0v) is 31.7. The van der Waals surface area contributed by atoms with Crippen LogP contribution in [-0.2, 0) is 16.1 Å². The van der Waals surface area contributed by atoms with Gasteiger partial charge in [-0.15, -0.1) is 10.2 Å². The first-order valence-corrected chi connectivity index (χ1v) is 18.9. The van der Waals surface area contributed by atoms with Gasteiger partial charge in [-0.2, -0.15) is 0 Å². The molecule has 2 atom stereocenters. The number of nitrogens with one attached hydrogen (secondary N) is 3. The molecule has 0 saturated carbocycles. The number of ether oxygens (including phenoxy) is 1. The van der Waals surface area contributed by atoms with Gasteiger partial charge in [0.1, 0.15) is 29.9 Å². The minimum Gasteiger partial charge on any atom is -0.508 e. The molecule has 0 spiro atoms. The van der Waals surface area contributed by atoms with E-state index in [0.29, 0.717) is 78.9 Å². The molecular weight excluding hydrogens is 736 g/mol. The van der Waals surface area contributed by atoms with E-state index < -0.39 is 36.3 Å². The number of phenols is 2. The summed E-state index contributed by atoms with van der Waals surface area (Å²) in [4.78, 5) is 68.5. The fourth-order valence-corrected chi connectivity index (χ4v) is 7.53. The first-order chi connectivity index (χ1) is 27.3. The standard InChI is InChI=1S/C40H44N8O9/c1-4-41-37(53)35-45-44-34(27-18-26(21(2)3)31(49)19-32(27)50)48(35)23-10-8-22(9-11-23)38(54)46-16-14-24(15-17-46)57-40(56)42-29-7-5-6-25-28(29)20-47(39(25)55)30-12-13-33(51)43-36(30)52/h5-11,18-19,21,24,30,33,49-51H,4,12-17,20H2,1-3H3,(H,41,53)(H,42,56)(H,43,52). The number of likely N-dealkylation sites (tertiary alicyclic amines) is 1. The van der Waals surface area contributed by atoms with E-state index in [1.807, 2.05) is 13.8 Å². The van der Waals surface area contributed by atoms with Crippen molar-refractivity contribution in [1.82, 2.24) is 35.2 Å². The Morgan fingerprint density at radius 2 is 1.68 bits per heavy atom. The third kappa shape index (κ3) is 7.70. The van der Waals surface area contributed by atoms with E-state index in [-0.39, 0.29) is 53.0 Å². The van der Waals surface area contributed by atoms with Gasteiger partial charge in [0.05, 0.1) is 5.56 Å². The molecule has 3 aromatic carbocycles. The summed E-state index contributed by atoms with van der Waals surface area (Å²) < 4.78 is 7.21. The molecule has 0 bridgehead atoms. The van der Waals surface area contributed by atoms with Crippen molar-refractivity contribution in [1.29, 1.82) is 0 Å². The molecule has 4 heterocycles. The minimum atomic E-state index is -0.941. The lowest BCUT2D eigenvalue weighted by molar-refractivity contribution is -0.132. The molecule has 17 nitrogen and oxygen atoms in total. The predicted octanol–water partition coefficient (Wildman–Crippen LogP) is 3.62. The largest absolute Gasteiger partial charge is 0.508 e. The highest BCUT2D eigenvalue weighted by atomic mass is 16.6. The lowest BCUT2D eigenvalue weighted by atomic mass is 9.98. The third-order valence-electron chi connectivity index (χ3n) is 10.5. The first kappa shape index (κ1) is 38.8. The lowest BCUT2D eigenvalue weighted by Crippen LogP contribution is -2.54. The molecule has 2 saturated heterocycles. The summed E-state index contributed by atoms with van der Waals surface area (Å²) in [5.41, 5.74) is 3.05. The van der Waals surface area contributed by atoms with Crippen LogP contribution in [0.4, 0.5) is 10.5 Å². The second-order valence-electron chi connectivity index (χ2n) is 14.6. The molecule has 17 heteroatoms. The van der Waals surface area contributed by atoms with Crippen LogP contribution in [-0.4, -0.2) is 108 Å². The molecule has 298 valence electrons. The van der Waals surface area contributed by atoms with Gasteiger partial charge in [-0.05, 0) is 73.7 Å². The van der Waals surface area contributed by atoms with Crippen LogP contribution in [0.15, 0.2) is 54.6 Å². The number of carbonyl (C=O) groups excluding carboxylic acids is 5. The average Bonchev–Trinajstić information content (AvgIpc) is 3.77. The molecule has 3 aliphatic rings. The second-order valence-corrected chi connectivity index (χ2v) is 14.6. The predicted molar refractivity (Wildman–Crippen MR) is 205 cm³/mol. The number of amides is 5. The number of nitrogens with zero attached hydrogens (tertiary/aromatic N) is 5. The summed E-state index contributed by atoms with van der Waals surface area (Å²) in [6.45, 7) is 6.69. The summed E-state index contributed by atoms with van der Waals surface area (Å²) in [6.07, 6.45) is -0.663. The number of aromatic nitrogens is 3. The zero-order chi connectivity index (χ0) is 40.5. The van der Waals surface area contributed by atoms with Crippen molar-refractivity contribution in [2.45, 2.75) is 77.3 Å². The van der Waals surface area contributed by atoms with Gasteiger partial charge >= 0.3 is 6.09 Å². The van der Waals surface area contributed by atoms with E-state index in [1.165, 1.54) is 15.5 Å². The molecule has 2 fully saturated rings. The molecule has 6 N–H and O–H groups in total. The molecular formula is C40H44N8O9. The number of anilines is 1. The van der Waals surface area contributed by atoms with Crippen LogP contribution < -0.4 is 16.0 Å². The Bertz CT molecular complexity index is 2230. The van der Waals surface area contributed by atoms with Crippen molar-refractivity contribution in [2.75, 3.05) is 25.0 Å². The molecule has 57 heavy (non-hydrogen) atoms. The quantitative estimate of drug-likeness (QED) is 0.144. The lowest BCUT2D eigenvalue weighted by Gasteiger charge is -2.32. The minimum absolute atomic E-state index is 0.0299. The van der Waals surface area contributed by atoms with E-state index in [9.17, 15) is 39.3 Å². The fourth-order valence-electron chi connectivity index (χ4n) is 7.53. The average molecular weight is 781 g/mol. The van der Waals surface area contributed by atoms with Crippen molar-refractivity contribution < 1.29 is 44.0 Å². The van der Waals surface area contributed by atoms with Gasteiger partial charge in [0.2, 0.25) is 11.7 Å². The van der Waals surface area contributed by atoms with E-state index in [4.69, 9.17) is 4.74 Å². The smallest absolute Gasteiger partial charge is 0.411 e. The van der Waals surface area contributed by atoms with Crippen LogP contribution in [0.3, 0.4) is 0 Å². The van der Waals surface area contributed by atoms with Crippen LogP contribution in [0.1, 0.15) is 94.8 Å². The van der Waals surface area contributed by atoms with E-state index in [0.717, 1.165) is 0 Å². The van der Waals surface area contributed by atoms with E-state index >= 15 is 0 Å². The highest BCUT2D eigenvalue weighted by Gasteiger charge is 2.40. The number of carbonyl (C=O) groups is 5. The summed E-state index contributed by atoms with van der Waals surface area (Å²) in [7, 11) is 0. The Labute approximate surface area is 327 Å². The number of phenolic OH excluding ortho intramolecular Hbond substituents is 2. The Morgan fingerprint density at radius 1 is 0.947 bits per heavy atom. The number of aliphatic hydroxyl groups excluding tert-OH is 1. The molecule has 2 unspecified atom stereocenters. The van der Waals surface area contributed by atoms with Crippen molar-refractivity contribution in [2.24, 2.45) is 0 Å². The monoisotopic (exact) mass is 780 g/mol. The molecule has 4 aromatic rings. The molecule has 7 rings (SSSR count). The molecule has 0 radical (unpaired) electrons. The summed E-state index contributed by atoms with van der Waals surface area (Å²) >= 11 is 0. The number of aliphatic hydroxyl groups is 1. The van der Waals surface area contributed by atoms with Gasteiger partial charge in [-0.1, -0.05) is 19.9 Å². The highest BCUT2D eigenvalue weighted by Crippen LogP contribution is 2.38. The topological polar surface area (TPSA) is 229 Å². The van der Waals surface area contributed by atoms with Crippen molar-refractivity contribution in [3.05, 3.63) is 82.7 Å². The highest BCUT2D eigenvalue weighted by molar-refractivity contribution is 6.03. The maximum absolute atomic E-state index is 13.6. The van der Waals surface area contributed by atoms with Gasteiger partial charge in [0.15, 0.2) is 5.82 Å². The van der Waals surface area contributed by atoms with Crippen LogP contribution >= 0.6 is 0 Å². The van der Waals surface area contributed by atoms with Crippen LogP contribution in [0.5, 0.6) is 11.5 Å². The molecule has 0 aliphatic carbocycles. The third-order valence-corrected chi connectivity index (χ3v) is 10.5. The number of piperidine rings is 2. The van der Waals surface area contributed by atoms with Gasteiger partial charge < -0.3 is 40.5 Å². The van der Waals surface area contributed by atoms with Gasteiger partial charge in [0.25, 0.3) is 17.7 Å².